The van der Waals surface area contributed by atoms with Crippen LogP contribution in [0.5, 0.6) is 0 Å². The Morgan fingerprint density at radius 1 is 1.26 bits per heavy atom. The van der Waals surface area contributed by atoms with E-state index in [1.54, 1.807) is 12.1 Å². The summed E-state index contributed by atoms with van der Waals surface area (Å²) in [6.07, 6.45) is 6.46. The van der Waals surface area contributed by atoms with Gasteiger partial charge in [-0.25, -0.2) is 0 Å². The van der Waals surface area contributed by atoms with E-state index in [0.29, 0.717) is 16.9 Å². The van der Waals surface area contributed by atoms with E-state index in [1.165, 1.54) is 16.9 Å². The van der Waals surface area contributed by atoms with Crippen molar-refractivity contribution in [2.45, 2.75) is 19.9 Å². The van der Waals surface area contributed by atoms with Crippen LogP contribution < -0.4 is 4.80 Å². The van der Waals surface area contributed by atoms with Crippen LogP contribution in [0, 0.1) is 12.3 Å². The predicted octanol–water partition coefficient (Wildman–Crippen LogP) is 3.64. The average Bonchev–Trinajstić information content (AvgIpc) is 2.92. The number of amides is 1. The lowest BCUT2D eigenvalue weighted by atomic mass is 10.2. The SMILES string of the molecule is C#CCn1c(=NC(=O)c2ccccc2)sc2cc(CC)ccc21. The molecule has 0 aliphatic rings. The van der Waals surface area contributed by atoms with Crippen molar-refractivity contribution < 1.29 is 4.79 Å². The van der Waals surface area contributed by atoms with Crippen molar-refractivity contribution in [1.29, 1.82) is 0 Å². The fourth-order valence-electron chi connectivity index (χ4n) is 2.40. The van der Waals surface area contributed by atoms with Gasteiger partial charge in [-0.3, -0.25) is 4.79 Å². The Bertz CT molecular complexity index is 958. The zero-order valence-corrected chi connectivity index (χ0v) is 13.6. The number of benzene rings is 2. The molecular formula is C19H16N2OS. The molecule has 23 heavy (non-hydrogen) atoms. The average molecular weight is 320 g/mol. The summed E-state index contributed by atoms with van der Waals surface area (Å²) >= 11 is 1.50. The Labute approximate surface area is 138 Å². The predicted molar refractivity (Wildman–Crippen MR) is 94.4 cm³/mol. The number of aryl methyl sites for hydroxylation is 1. The van der Waals surface area contributed by atoms with E-state index in [0.717, 1.165) is 16.6 Å². The monoisotopic (exact) mass is 320 g/mol. The summed E-state index contributed by atoms with van der Waals surface area (Å²) in [7, 11) is 0. The van der Waals surface area contributed by atoms with E-state index in [1.807, 2.05) is 28.8 Å². The molecule has 0 N–H and O–H groups in total. The van der Waals surface area contributed by atoms with Crippen LogP contribution >= 0.6 is 11.3 Å². The fourth-order valence-corrected chi connectivity index (χ4v) is 3.49. The summed E-state index contributed by atoms with van der Waals surface area (Å²) in [5.41, 5.74) is 2.85. The first-order valence-electron chi connectivity index (χ1n) is 7.42. The number of nitrogens with zero attached hydrogens (tertiary/aromatic N) is 2. The Kier molecular flexibility index (Phi) is 4.40. The van der Waals surface area contributed by atoms with Crippen molar-refractivity contribution in [3.8, 4) is 12.3 Å². The van der Waals surface area contributed by atoms with Gasteiger partial charge in [0.15, 0.2) is 4.80 Å². The molecule has 0 aliphatic carbocycles. The fraction of sp³-hybridized carbons (Fsp3) is 0.158. The second-order valence-electron chi connectivity index (χ2n) is 5.11. The third kappa shape index (κ3) is 3.10. The van der Waals surface area contributed by atoms with Gasteiger partial charge < -0.3 is 4.57 Å². The quantitative estimate of drug-likeness (QED) is 0.678. The lowest BCUT2D eigenvalue weighted by molar-refractivity contribution is 0.0998. The van der Waals surface area contributed by atoms with Crippen LogP contribution in [0.25, 0.3) is 10.2 Å². The molecule has 0 aliphatic heterocycles. The van der Waals surface area contributed by atoms with E-state index in [2.05, 4.69) is 30.0 Å². The molecular weight excluding hydrogens is 304 g/mol. The summed E-state index contributed by atoms with van der Waals surface area (Å²) < 4.78 is 3.01. The lowest BCUT2D eigenvalue weighted by Gasteiger charge is -2.01. The van der Waals surface area contributed by atoms with Crippen molar-refractivity contribution in [2.75, 3.05) is 0 Å². The van der Waals surface area contributed by atoms with Gasteiger partial charge >= 0.3 is 0 Å². The molecule has 4 heteroatoms. The second-order valence-corrected chi connectivity index (χ2v) is 6.12. The maximum atomic E-state index is 12.3. The van der Waals surface area contributed by atoms with Crippen LogP contribution in [0.3, 0.4) is 0 Å². The maximum Gasteiger partial charge on any atom is 0.279 e. The molecule has 0 saturated carbocycles. The Hall–Kier alpha value is -2.64. The van der Waals surface area contributed by atoms with E-state index in [4.69, 9.17) is 6.42 Å². The number of carbonyl (C=O) groups is 1. The normalized spacial score (nSPS) is 11.6. The highest BCUT2D eigenvalue weighted by atomic mass is 32.1. The van der Waals surface area contributed by atoms with E-state index >= 15 is 0 Å². The summed E-state index contributed by atoms with van der Waals surface area (Å²) in [4.78, 5) is 17.3. The van der Waals surface area contributed by atoms with Crippen molar-refractivity contribution >= 4 is 27.5 Å². The summed E-state index contributed by atoms with van der Waals surface area (Å²) in [6, 6.07) is 15.3. The first-order chi connectivity index (χ1) is 11.2. The van der Waals surface area contributed by atoms with E-state index < -0.39 is 0 Å². The smallest absolute Gasteiger partial charge is 0.279 e. The number of hydrogen-bond donors (Lipinski definition) is 0. The molecule has 2 aromatic carbocycles. The largest absolute Gasteiger partial charge is 0.305 e. The van der Waals surface area contributed by atoms with Crippen molar-refractivity contribution in [3.63, 3.8) is 0 Å². The van der Waals surface area contributed by atoms with Gasteiger partial charge in [-0.2, -0.15) is 4.99 Å². The number of thiazole rings is 1. The minimum Gasteiger partial charge on any atom is -0.305 e. The number of rotatable bonds is 3. The van der Waals surface area contributed by atoms with Crippen LogP contribution in [0.4, 0.5) is 0 Å². The van der Waals surface area contributed by atoms with Gasteiger partial charge in [-0.1, -0.05) is 48.4 Å². The van der Waals surface area contributed by atoms with Gasteiger partial charge in [0.25, 0.3) is 5.91 Å². The third-order valence-electron chi connectivity index (χ3n) is 3.62. The number of hydrogen-bond acceptors (Lipinski definition) is 2. The molecule has 1 aromatic heterocycles. The Morgan fingerprint density at radius 2 is 2.04 bits per heavy atom. The van der Waals surface area contributed by atoms with Crippen molar-refractivity contribution in [1.82, 2.24) is 4.57 Å². The molecule has 0 unspecified atom stereocenters. The molecule has 3 rings (SSSR count). The van der Waals surface area contributed by atoms with Gasteiger partial charge in [-0.15, -0.1) is 6.42 Å². The summed E-state index contributed by atoms with van der Waals surface area (Å²) in [5, 5.41) is 0. The van der Waals surface area contributed by atoms with Crippen LogP contribution in [0.15, 0.2) is 53.5 Å². The van der Waals surface area contributed by atoms with Gasteiger partial charge in [0.1, 0.15) is 0 Å². The molecule has 0 spiro atoms. The van der Waals surface area contributed by atoms with Gasteiger partial charge in [0.2, 0.25) is 0 Å². The van der Waals surface area contributed by atoms with Crippen LogP contribution in [-0.2, 0) is 13.0 Å². The first-order valence-corrected chi connectivity index (χ1v) is 8.24. The molecule has 114 valence electrons. The van der Waals surface area contributed by atoms with Crippen molar-refractivity contribution in [2.24, 2.45) is 4.99 Å². The van der Waals surface area contributed by atoms with E-state index in [-0.39, 0.29) is 5.91 Å². The number of terminal acetylenes is 1. The zero-order chi connectivity index (χ0) is 16.2. The molecule has 0 bridgehead atoms. The molecule has 0 saturated heterocycles. The number of carbonyl (C=O) groups excluding carboxylic acids is 1. The number of aromatic nitrogens is 1. The topological polar surface area (TPSA) is 34.4 Å². The Balaban J connectivity index is 2.16. The second kappa shape index (κ2) is 6.64. The first kappa shape index (κ1) is 15.3. The molecule has 0 fully saturated rings. The molecule has 3 aromatic rings. The minimum absolute atomic E-state index is 0.251. The van der Waals surface area contributed by atoms with Gasteiger partial charge in [0.05, 0.1) is 16.8 Å². The Morgan fingerprint density at radius 3 is 2.74 bits per heavy atom. The van der Waals surface area contributed by atoms with Crippen LogP contribution in [0.2, 0.25) is 0 Å². The third-order valence-corrected chi connectivity index (χ3v) is 4.66. The van der Waals surface area contributed by atoms with Crippen molar-refractivity contribution in [3.05, 3.63) is 64.5 Å². The molecule has 1 heterocycles. The molecule has 1 amide bonds. The standard InChI is InChI=1S/C19H16N2OS/c1-3-12-21-16-11-10-14(4-2)13-17(16)23-19(21)20-18(22)15-8-6-5-7-9-15/h1,5-11,13H,4,12H2,2H3. The molecule has 3 nitrogen and oxygen atoms in total. The molecule has 0 atom stereocenters. The van der Waals surface area contributed by atoms with Gasteiger partial charge in [-0.05, 0) is 36.2 Å². The van der Waals surface area contributed by atoms with Crippen LogP contribution in [-0.4, -0.2) is 10.5 Å². The highest BCUT2D eigenvalue weighted by molar-refractivity contribution is 7.16. The lowest BCUT2D eigenvalue weighted by Crippen LogP contribution is -2.16. The number of fused-ring (bicyclic) bond motifs is 1. The molecule has 0 radical (unpaired) electrons. The summed E-state index contributed by atoms with van der Waals surface area (Å²) in [6.45, 7) is 2.51. The highest BCUT2D eigenvalue weighted by Crippen LogP contribution is 2.19. The van der Waals surface area contributed by atoms with Crippen LogP contribution in [0.1, 0.15) is 22.8 Å². The van der Waals surface area contributed by atoms with E-state index in [9.17, 15) is 4.79 Å². The van der Waals surface area contributed by atoms with Gasteiger partial charge in [0, 0.05) is 5.56 Å². The minimum atomic E-state index is -0.251. The maximum absolute atomic E-state index is 12.3. The zero-order valence-electron chi connectivity index (χ0n) is 12.8. The summed E-state index contributed by atoms with van der Waals surface area (Å²) in [5.74, 6) is 2.39. The highest BCUT2D eigenvalue weighted by Gasteiger charge is 2.09.